The summed E-state index contributed by atoms with van der Waals surface area (Å²) in [4.78, 5) is 29.5. The van der Waals surface area contributed by atoms with E-state index >= 15 is 0 Å². The Morgan fingerprint density at radius 1 is 1.11 bits per heavy atom. The number of amides is 2. The van der Waals surface area contributed by atoms with Gasteiger partial charge in [-0.15, -0.1) is 0 Å². The Hall–Kier alpha value is -1.93. The van der Waals surface area contributed by atoms with Gasteiger partial charge in [-0.05, 0) is 19.3 Å². The number of piperazine rings is 1. The first-order chi connectivity index (χ1) is 13.7. The van der Waals surface area contributed by atoms with Crippen LogP contribution < -0.4 is 10.6 Å². The van der Waals surface area contributed by atoms with Crippen LogP contribution in [0.5, 0.6) is 0 Å². The summed E-state index contributed by atoms with van der Waals surface area (Å²) in [5.41, 5.74) is 0.575. The van der Waals surface area contributed by atoms with Crippen LogP contribution >= 0.6 is 0 Å². The third kappa shape index (κ3) is 4.72. The highest BCUT2D eigenvalue weighted by atomic mass is 16.2. The molecule has 2 saturated heterocycles. The summed E-state index contributed by atoms with van der Waals surface area (Å²) in [6.45, 7) is 5.92. The van der Waals surface area contributed by atoms with Gasteiger partial charge in [0.25, 0.3) is 5.91 Å². The van der Waals surface area contributed by atoms with Gasteiger partial charge >= 0.3 is 0 Å². The summed E-state index contributed by atoms with van der Waals surface area (Å²) in [6, 6.07) is 0.756. The van der Waals surface area contributed by atoms with Crippen molar-refractivity contribution in [2.45, 2.75) is 57.2 Å². The highest BCUT2D eigenvalue weighted by Gasteiger charge is 2.31. The quantitative estimate of drug-likeness (QED) is 0.765. The molecule has 8 heteroatoms. The topological polar surface area (TPSA) is 82.5 Å². The Kier molecular flexibility index (Phi) is 6.26. The van der Waals surface area contributed by atoms with Gasteiger partial charge in [-0.2, -0.15) is 5.10 Å². The van der Waals surface area contributed by atoms with Crippen molar-refractivity contribution < 1.29 is 9.59 Å². The Labute approximate surface area is 166 Å². The Morgan fingerprint density at radius 3 is 2.68 bits per heavy atom. The van der Waals surface area contributed by atoms with Gasteiger partial charge in [-0.25, -0.2) is 0 Å². The maximum atomic E-state index is 12.8. The van der Waals surface area contributed by atoms with E-state index in [1.165, 1.54) is 19.3 Å². The average Bonchev–Trinajstić information content (AvgIpc) is 3.39. The van der Waals surface area contributed by atoms with Crippen LogP contribution in [0.4, 0.5) is 0 Å². The van der Waals surface area contributed by atoms with Gasteiger partial charge in [0.05, 0.1) is 11.8 Å². The zero-order valence-electron chi connectivity index (χ0n) is 16.6. The number of likely N-dealkylation sites (tertiary alicyclic amines) is 1. The molecular weight excluding hydrogens is 356 g/mol. The number of aromatic nitrogens is 2. The molecule has 2 amide bonds. The molecule has 1 aliphatic carbocycles. The second-order valence-electron chi connectivity index (χ2n) is 8.31. The smallest absolute Gasteiger partial charge is 0.257 e. The summed E-state index contributed by atoms with van der Waals surface area (Å²) < 4.78 is 1.58. The molecule has 2 aliphatic heterocycles. The lowest BCUT2D eigenvalue weighted by Crippen LogP contribution is -2.49. The SMILES string of the molecule is O=C(Cn1cc(C(=O)N2CCC(N3CCNCC3)C2)cn1)NC1CCCCC1. The molecule has 3 heterocycles. The van der Waals surface area contributed by atoms with E-state index in [0.29, 0.717) is 17.6 Å². The summed E-state index contributed by atoms with van der Waals surface area (Å²) >= 11 is 0. The largest absolute Gasteiger partial charge is 0.352 e. The number of hydrogen-bond donors (Lipinski definition) is 2. The maximum Gasteiger partial charge on any atom is 0.257 e. The molecule has 154 valence electrons. The minimum atomic E-state index is -0.0195. The summed E-state index contributed by atoms with van der Waals surface area (Å²) in [5.74, 6) is 0.00511. The highest BCUT2D eigenvalue weighted by molar-refractivity contribution is 5.94. The lowest BCUT2D eigenvalue weighted by atomic mass is 9.95. The molecule has 3 aliphatic rings. The third-order valence-electron chi connectivity index (χ3n) is 6.27. The van der Waals surface area contributed by atoms with E-state index in [1.807, 2.05) is 4.90 Å². The molecule has 1 unspecified atom stereocenters. The normalized spacial score (nSPS) is 24.4. The van der Waals surface area contributed by atoms with Crippen LogP contribution in [0.2, 0.25) is 0 Å². The van der Waals surface area contributed by atoms with Crippen LogP contribution in [-0.4, -0.2) is 82.7 Å². The molecule has 3 fully saturated rings. The third-order valence-corrected chi connectivity index (χ3v) is 6.27. The van der Waals surface area contributed by atoms with Crippen LogP contribution in [0.25, 0.3) is 0 Å². The maximum absolute atomic E-state index is 12.8. The number of carbonyl (C=O) groups excluding carboxylic acids is 2. The number of carbonyl (C=O) groups is 2. The number of nitrogens with zero attached hydrogens (tertiary/aromatic N) is 4. The standard InChI is InChI=1S/C20H32N6O2/c27-19(23-17-4-2-1-3-5-17)15-26-13-16(12-22-26)20(28)25-9-6-18(14-25)24-10-7-21-8-11-24/h12-13,17-18,21H,1-11,14-15H2,(H,23,27). The molecule has 0 bridgehead atoms. The molecule has 2 N–H and O–H groups in total. The number of nitrogens with one attached hydrogen (secondary N) is 2. The predicted molar refractivity (Wildman–Crippen MR) is 106 cm³/mol. The molecule has 1 aromatic rings. The van der Waals surface area contributed by atoms with Gasteiger partial charge in [0, 0.05) is 57.5 Å². The molecule has 28 heavy (non-hydrogen) atoms. The van der Waals surface area contributed by atoms with Crippen molar-refractivity contribution in [3.05, 3.63) is 18.0 Å². The first-order valence-electron chi connectivity index (χ1n) is 10.7. The Balaban J connectivity index is 1.27. The molecule has 0 spiro atoms. The van der Waals surface area contributed by atoms with E-state index in [4.69, 9.17) is 0 Å². The number of rotatable bonds is 5. The lowest BCUT2D eigenvalue weighted by Gasteiger charge is -2.32. The fourth-order valence-corrected chi connectivity index (χ4v) is 4.68. The first-order valence-corrected chi connectivity index (χ1v) is 10.7. The molecule has 1 atom stereocenters. The van der Waals surface area contributed by atoms with Gasteiger partial charge in [-0.3, -0.25) is 19.2 Å². The van der Waals surface area contributed by atoms with Crippen LogP contribution in [0.3, 0.4) is 0 Å². The first kappa shape index (κ1) is 19.4. The zero-order valence-corrected chi connectivity index (χ0v) is 16.6. The second kappa shape index (κ2) is 9.05. The Bertz CT molecular complexity index is 678. The fourth-order valence-electron chi connectivity index (χ4n) is 4.68. The zero-order chi connectivity index (χ0) is 19.3. The van der Waals surface area contributed by atoms with Crippen molar-refractivity contribution in [1.82, 2.24) is 30.2 Å². The van der Waals surface area contributed by atoms with E-state index in [-0.39, 0.29) is 18.4 Å². The van der Waals surface area contributed by atoms with Crippen molar-refractivity contribution in [2.24, 2.45) is 0 Å². The molecule has 8 nitrogen and oxygen atoms in total. The van der Waals surface area contributed by atoms with E-state index in [1.54, 1.807) is 17.1 Å². The molecule has 1 saturated carbocycles. The van der Waals surface area contributed by atoms with Crippen LogP contribution in [0.15, 0.2) is 12.4 Å². The van der Waals surface area contributed by atoms with E-state index in [0.717, 1.165) is 58.5 Å². The van der Waals surface area contributed by atoms with E-state index < -0.39 is 0 Å². The van der Waals surface area contributed by atoms with Crippen LogP contribution in [0.1, 0.15) is 48.9 Å². The van der Waals surface area contributed by atoms with Gasteiger partial charge in [0.2, 0.25) is 5.91 Å². The van der Waals surface area contributed by atoms with E-state index in [9.17, 15) is 9.59 Å². The average molecular weight is 389 g/mol. The minimum Gasteiger partial charge on any atom is -0.352 e. The number of hydrogen-bond acceptors (Lipinski definition) is 5. The van der Waals surface area contributed by atoms with Crippen molar-refractivity contribution in [1.29, 1.82) is 0 Å². The molecule has 4 rings (SSSR count). The Morgan fingerprint density at radius 2 is 1.89 bits per heavy atom. The van der Waals surface area contributed by atoms with Gasteiger partial charge in [0.1, 0.15) is 6.54 Å². The van der Waals surface area contributed by atoms with Gasteiger partial charge in [0.15, 0.2) is 0 Å². The van der Waals surface area contributed by atoms with Crippen LogP contribution in [0, 0.1) is 0 Å². The second-order valence-corrected chi connectivity index (χ2v) is 8.31. The molecule has 0 aromatic carbocycles. The molecule has 0 radical (unpaired) electrons. The fraction of sp³-hybridized carbons (Fsp3) is 0.750. The molecular formula is C20H32N6O2. The van der Waals surface area contributed by atoms with Gasteiger partial charge < -0.3 is 15.5 Å². The van der Waals surface area contributed by atoms with Crippen molar-refractivity contribution >= 4 is 11.8 Å². The molecule has 1 aromatic heterocycles. The van der Waals surface area contributed by atoms with Crippen molar-refractivity contribution in [3.8, 4) is 0 Å². The summed E-state index contributed by atoms with van der Waals surface area (Å²) in [5, 5.41) is 10.7. The van der Waals surface area contributed by atoms with Crippen LogP contribution in [-0.2, 0) is 11.3 Å². The minimum absolute atomic E-state index is 0.0195. The van der Waals surface area contributed by atoms with Crippen molar-refractivity contribution in [3.63, 3.8) is 0 Å². The van der Waals surface area contributed by atoms with Crippen molar-refractivity contribution in [2.75, 3.05) is 39.3 Å². The van der Waals surface area contributed by atoms with Gasteiger partial charge in [-0.1, -0.05) is 19.3 Å². The summed E-state index contributed by atoms with van der Waals surface area (Å²) in [6.07, 6.45) is 10.1. The predicted octanol–water partition coefficient (Wildman–Crippen LogP) is 0.452. The summed E-state index contributed by atoms with van der Waals surface area (Å²) in [7, 11) is 0. The lowest BCUT2D eigenvalue weighted by molar-refractivity contribution is -0.122. The monoisotopic (exact) mass is 388 g/mol. The van der Waals surface area contributed by atoms with E-state index in [2.05, 4.69) is 20.6 Å². The highest BCUT2D eigenvalue weighted by Crippen LogP contribution is 2.19.